The molecule has 7 nitrogen and oxygen atoms in total. The van der Waals surface area contributed by atoms with E-state index < -0.39 is 11.9 Å². The van der Waals surface area contributed by atoms with Crippen LogP contribution in [0.4, 0.5) is 0 Å². The number of hydrogen-bond acceptors (Lipinski definition) is 4. The number of carbonyl (C=O) groups excluding carboxylic acids is 2. The molecule has 1 fully saturated rings. The summed E-state index contributed by atoms with van der Waals surface area (Å²) in [6.07, 6.45) is 0.537. The lowest BCUT2D eigenvalue weighted by Gasteiger charge is -2.20. The number of piperidine rings is 1. The Bertz CT molecular complexity index is 591. The molecule has 0 saturated carbocycles. The highest BCUT2D eigenvalue weighted by molar-refractivity contribution is 5.99. The van der Waals surface area contributed by atoms with E-state index in [-0.39, 0.29) is 23.4 Å². The molecule has 1 N–H and O–H groups in total. The van der Waals surface area contributed by atoms with Crippen LogP contribution in [0.25, 0.3) is 0 Å². The molecule has 1 unspecified atom stereocenters. The number of amides is 2. The maximum absolute atomic E-state index is 12.2. The second kappa shape index (κ2) is 4.32. The molecule has 1 saturated heterocycles. The van der Waals surface area contributed by atoms with Gasteiger partial charge < -0.3 is 0 Å². The van der Waals surface area contributed by atoms with Crippen molar-refractivity contribution in [2.75, 3.05) is 0 Å². The van der Waals surface area contributed by atoms with Crippen molar-refractivity contribution < 1.29 is 9.59 Å². The van der Waals surface area contributed by atoms with Crippen LogP contribution < -0.4 is 11.0 Å². The second-order valence-electron chi connectivity index (χ2n) is 5.83. The molecular weight excluding hydrogens is 248 g/mol. The Morgan fingerprint density at radius 3 is 2.37 bits per heavy atom. The molecule has 1 aliphatic rings. The van der Waals surface area contributed by atoms with Crippen LogP contribution in [-0.4, -0.2) is 26.2 Å². The lowest BCUT2D eigenvalue weighted by atomic mass is 9.96. The lowest BCUT2D eigenvalue weighted by Crippen LogP contribution is -2.44. The van der Waals surface area contributed by atoms with Crippen LogP contribution in [-0.2, 0) is 22.1 Å². The van der Waals surface area contributed by atoms with Gasteiger partial charge in [0.2, 0.25) is 5.91 Å². The molecule has 1 aromatic heterocycles. The zero-order valence-electron chi connectivity index (χ0n) is 11.6. The number of nitrogens with one attached hydrogen (secondary N) is 1. The van der Waals surface area contributed by atoms with Gasteiger partial charge in [0.1, 0.15) is 11.9 Å². The van der Waals surface area contributed by atoms with Crippen molar-refractivity contribution in [3.05, 3.63) is 16.3 Å². The molecule has 2 heterocycles. The Morgan fingerprint density at radius 1 is 1.26 bits per heavy atom. The molecule has 0 aliphatic carbocycles. The topological polar surface area (TPSA) is 86.0 Å². The third kappa shape index (κ3) is 2.32. The van der Waals surface area contributed by atoms with Gasteiger partial charge in [0.05, 0.1) is 0 Å². The zero-order valence-corrected chi connectivity index (χ0v) is 11.6. The maximum atomic E-state index is 12.2. The predicted octanol–water partition coefficient (Wildman–Crippen LogP) is -0.143. The SMILES string of the molecule is Cn1c(C(C)(C)C)nn(C2CCC(=O)NC2=O)c1=O. The summed E-state index contributed by atoms with van der Waals surface area (Å²) in [6.45, 7) is 5.84. The van der Waals surface area contributed by atoms with Gasteiger partial charge in [-0.25, -0.2) is 9.48 Å². The third-order valence-electron chi connectivity index (χ3n) is 3.18. The Hall–Kier alpha value is -1.92. The summed E-state index contributed by atoms with van der Waals surface area (Å²) < 4.78 is 2.63. The Labute approximate surface area is 110 Å². The molecule has 0 aromatic carbocycles. The van der Waals surface area contributed by atoms with E-state index in [1.54, 1.807) is 7.05 Å². The van der Waals surface area contributed by atoms with Gasteiger partial charge in [0, 0.05) is 18.9 Å². The number of carbonyl (C=O) groups is 2. The van der Waals surface area contributed by atoms with Crippen molar-refractivity contribution in [2.45, 2.75) is 45.1 Å². The first kappa shape index (κ1) is 13.5. The van der Waals surface area contributed by atoms with Gasteiger partial charge in [-0.1, -0.05) is 20.8 Å². The van der Waals surface area contributed by atoms with Crippen molar-refractivity contribution in [3.63, 3.8) is 0 Å². The smallest absolute Gasteiger partial charge is 0.295 e. The summed E-state index contributed by atoms with van der Waals surface area (Å²) in [6, 6.07) is -0.701. The van der Waals surface area contributed by atoms with Crippen LogP contribution in [0.15, 0.2) is 4.79 Å². The van der Waals surface area contributed by atoms with Crippen LogP contribution >= 0.6 is 0 Å². The van der Waals surface area contributed by atoms with Gasteiger partial charge in [-0.3, -0.25) is 19.5 Å². The number of nitrogens with zero attached hydrogens (tertiary/aromatic N) is 3. The van der Waals surface area contributed by atoms with E-state index in [2.05, 4.69) is 10.4 Å². The van der Waals surface area contributed by atoms with Gasteiger partial charge in [-0.15, -0.1) is 0 Å². The van der Waals surface area contributed by atoms with Crippen LogP contribution in [0.2, 0.25) is 0 Å². The lowest BCUT2D eigenvalue weighted by molar-refractivity contribution is -0.136. The molecule has 7 heteroatoms. The van der Waals surface area contributed by atoms with Crippen molar-refractivity contribution in [1.82, 2.24) is 19.7 Å². The summed E-state index contributed by atoms with van der Waals surface area (Å²) in [5.41, 5.74) is -0.625. The highest BCUT2D eigenvalue weighted by Crippen LogP contribution is 2.21. The number of imide groups is 1. The van der Waals surface area contributed by atoms with E-state index in [4.69, 9.17) is 0 Å². The van der Waals surface area contributed by atoms with Gasteiger partial charge in [-0.2, -0.15) is 5.10 Å². The molecule has 0 radical (unpaired) electrons. The van der Waals surface area contributed by atoms with E-state index >= 15 is 0 Å². The molecule has 1 atom stereocenters. The van der Waals surface area contributed by atoms with E-state index in [0.717, 1.165) is 0 Å². The largest absolute Gasteiger partial charge is 0.346 e. The van der Waals surface area contributed by atoms with Gasteiger partial charge in [0.15, 0.2) is 0 Å². The predicted molar refractivity (Wildman–Crippen MR) is 67.6 cm³/mol. The molecule has 1 aromatic rings. The van der Waals surface area contributed by atoms with Crippen LogP contribution in [0.1, 0.15) is 45.5 Å². The summed E-state index contributed by atoms with van der Waals surface area (Å²) in [5.74, 6) is -0.152. The quantitative estimate of drug-likeness (QED) is 0.717. The first-order valence-electron chi connectivity index (χ1n) is 6.21. The normalized spacial score (nSPS) is 20.5. The van der Waals surface area contributed by atoms with Gasteiger partial charge in [-0.05, 0) is 6.42 Å². The van der Waals surface area contributed by atoms with E-state index in [1.807, 2.05) is 20.8 Å². The Kier molecular flexibility index (Phi) is 3.07. The minimum atomic E-state index is -0.701. The Balaban J connectivity index is 2.44. The Morgan fingerprint density at radius 2 is 1.89 bits per heavy atom. The molecule has 0 spiro atoms. The van der Waals surface area contributed by atoms with Crippen LogP contribution in [0, 0.1) is 0 Å². The minimum absolute atomic E-state index is 0.226. The molecule has 19 heavy (non-hydrogen) atoms. The summed E-state index contributed by atoms with van der Waals surface area (Å²) in [7, 11) is 1.64. The maximum Gasteiger partial charge on any atom is 0.346 e. The monoisotopic (exact) mass is 266 g/mol. The number of rotatable bonds is 1. The number of hydrogen-bond donors (Lipinski definition) is 1. The summed E-state index contributed by atoms with van der Waals surface area (Å²) >= 11 is 0. The molecule has 2 rings (SSSR count). The van der Waals surface area contributed by atoms with E-state index in [0.29, 0.717) is 12.2 Å². The zero-order chi connectivity index (χ0) is 14.4. The van der Waals surface area contributed by atoms with Crippen molar-refractivity contribution in [1.29, 1.82) is 0 Å². The van der Waals surface area contributed by atoms with Crippen molar-refractivity contribution >= 4 is 11.8 Å². The van der Waals surface area contributed by atoms with Crippen LogP contribution in [0.5, 0.6) is 0 Å². The number of aromatic nitrogens is 3. The minimum Gasteiger partial charge on any atom is -0.295 e. The molecule has 1 aliphatic heterocycles. The second-order valence-corrected chi connectivity index (χ2v) is 5.83. The average Bonchev–Trinajstić information content (AvgIpc) is 2.56. The first-order valence-corrected chi connectivity index (χ1v) is 6.21. The first-order chi connectivity index (χ1) is 8.71. The molecular formula is C12H18N4O3. The highest BCUT2D eigenvalue weighted by atomic mass is 16.2. The van der Waals surface area contributed by atoms with E-state index in [1.165, 1.54) is 9.25 Å². The molecule has 104 valence electrons. The van der Waals surface area contributed by atoms with Gasteiger partial charge >= 0.3 is 5.69 Å². The van der Waals surface area contributed by atoms with Crippen molar-refractivity contribution in [3.8, 4) is 0 Å². The van der Waals surface area contributed by atoms with Gasteiger partial charge in [0.25, 0.3) is 5.91 Å². The highest BCUT2D eigenvalue weighted by Gasteiger charge is 2.32. The van der Waals surface area contributed by atoms with Crippen molar-refractivity contribution in [2.24, 2.45) is 7.05 Å². The third-order valence-corrected chi connectivity index (χ3v) is 3.18. The van der Waals surface area contributed by atoms with E-state index in [9.17, 15) is 14.4 Å². The standard InChI is InChI=1S/C12H18N4O3/c1-12(2,3)10-14-16(11(19)15(10)4)7-5-6-8(17)13-9(7)18/h7H,5-6H2,1-4H3,(H,13,17,18). The fourth-order valence-corrected chi connectivity index (χ4v) is 2.23. The van der Waals surface area contributed by atoms with Crippen LogP contribution in [0.3, 0.4) is 0 Å². The average molecular weight is 266 g/mol. The summed E-state index contributed by atoms with van der Waals surface area (Å²) in [5, 5.41) is 6.51. The summed E-state index contributed by atoms with van der Waals surface area (Å²) in [4.78, 5) is 35.1. The molecule has 0 bridgehead atoms. The fraction of sp³-hybridized carbons (Fsp3) is 0.667. The molecule has 2 amide bonds. The fourth-order valence-electron chi connectivity index (χ4n) is 2.23.